The molecule has 0 aromatic carbocycles. The molecule has 1 atom stereocenters. The molecule has 0 bridgehead atoms. The molecule has 2 heterocycles. The van der Waals surface area contributed by atoms with Gasteiger partial charge in [0, 0.05) is 36.9 Å². The number of likely N-dealkylation sites (N-methyl/N-ethyl adjacent to an activating group) is 1. The molecule has 0 radical (unpaired) electrons. The second-order valence-electron chi connectivity index (χ2n) is 6.68. The van der Waals surface area contributed by atoms with E-state index in [2.05, 4.69) is 39.9 Å². The van der Waals surface area contributed by atoms with E-state index in [4.69, 9.17) is 0 Å². The van der Waals surface area contributed by atoms with Crippen LogP contribution in [-0.4, -0.2) is 46.2 Å². The van der Waals surface area contributed by atoms with E-state index in [1.165, 1.54) is 57.4 Å². The topological polar surface area (TPSA) is 33.1 Å². The highest BCUT2D eigenvalue weighted by Gasteiger charge is 2.46. The Morgan fingerprint density at radius 3 is 2.57 bits per heavy atom. The van der Waals surface area contributed by atoms with Gasteiger partial charge in [0.25, 0.3) is 0 Å². The summed E-state index contributed by atoms with van der Waals surface area (Å²) in [6, 6.07) is 0.519. The van der Waals surface area contributed by atoms with E-state index in [0.29, 0.717) is 11.6 Å². The third-order valence-corrected chi connectivity index (χ3v) is 5.73. The van der Waals surface area contributed by atoms with Gasteiger partial charge < -0.3 is 9.88 Å². The predicted octanol–water partition coefficient (Wildman–Crippen LogP) is 2.44. The standard InChI is InChI=1S/C17H30N4/c1-3-20-13-10-19-16(20)14-15(18-2)17(8-4-5-9-17)21-11-6-7-12-21/h10,13,15,18H,3-9,11-12,14H2,1-2H3. The highest BCUT2D eigenvalue weighted by atomic mass is 15.2. The summed E-state index contributed by atoms with van der Waals surface area (Å²) in [5.74, 6) is 1.24. The average molecular weight is 290 g/mol. The van der Waals surface area contributed by atoms with Gasteiger partial charge in [0.05, 0.1) is 0 Å². The summed E-state index contributed by atoms with van der Waals surface area (Å²) in [6.07, 6.45) is 13.3. The molecule has 4 nitrogen and oxygen atoms in total. The molecule has 3 rings (SSSR count). The molecule has 4 heteroatoms. The molecule has 0 amide bonds. The summed E-state index contributed by atoms with van der Waals surface area (Å²) in [6.45, 7) is 5.80. The molecule has 1 aromatic heterocycles. The minimum absolute atomic E-state index is 0.371. The van der Waals surface area contributed by atoms with Crippen molar-refractivity contribution in [1.29, 1.82) is 0 Å². The fraction of sp³-hybridized carbons (Fsp3) is 0.824. The number of rotatable bonds is 6. The molecular weight excluding hydrogens is 260 g/mol. The van der Waals surface area contributed by atoms with Crippen LogP contribution in [0.5, 0.6) is 0 Å². The average Bonchev–Trinajstić information content (AvgIpc) is 3.24. The summed E-state index contributed by atoms with van der Waals surface area (Å²) in [5.41, 5.74) is 0.371. The summed E-state index contributed by atoms with van der Waals surface area (Å²) in [7, 11) is 2.14. The Labute approximate surface area is 128 Å². The van der Waals surface area contributed by atoms with Crippen LogP contribution in [0.2, 0.25) is 0 Å². The van der Waals surface area contributed by atoms with Gasteiger partial charge >= 0.3 is 0 Å². The van der Waals surface area contributed by atoms with Crippen molar-refractivity contribution in [3.8, 4) is 0 Å². The van der Waals surface area contributed by atoms with Gasteiger partial charge in [0.1, 0.15) is 5.82 Å². The van der Waals surface area contributed by atoms with E-state index in [-0.39, 0.29) is 0 Å². The first-order valence-electron chi connectivity index (χ1n) is 8.72. The van der Waals surface area contributed by atoms with Crippen molar-refractivity contribution >= 4 is 0 Å². The maximum Gasteiger partial charge on any atom is 0.110 e. The van der Waals surface area contributed by atoms with Crippen molar-refractivity contribution in [3.05, 3.63) is 18.2 Å². The molecule has 2 fully saturated rings. The van der Waals surface area contributed by atoms with Crippen LogP contribution in [0.25, 0.3) is 0 Å². The van der Waals surface area contributed by atoms with Gasteiger partial charge in [-0.3, -0.25) is 4.90 Å². The largest absolute Gasteiger partial charge is 0.335 e. The van der Waals surface area contributed by atoms with Crippen molar-refractivity contribution in [2.75, 3.05) is 20.1 Å². The summed E-state index contributed by atoms with van der Waals surface area (Å²) < 4.78 is 2.29. The van der Waals surface area contributed by atoms with Crippen LogP contribution < -0.4 is 5.32 Å². The quantitative estimate of drug-likeness (QED) is 0.873. The van der Waals surface area contributed by atoms with E-state index in [9.17, 15) is 0 Å². The maximum atomic E-state index is 4.61. The minimum Gasteiger partial charge on any atom is -0.335 e. The van der Waals surface area contributed by atoms with E-state index in [1.807, 2.05) is 6.20 Å². The van der Waals surface area contributed by atoms with Gasteiger partial charge in [-0.25, -0.2) is 4.98 Å². The highest BCUT2D eigenvalue weighted by molar-refractivity contribution is 5.08. The predicted molar refractivity (Wildman–Crippen MR) is 86.5 cm³/mol. The van der Waals surface area contributed by atoms with E-state index >= 15 is 0 Å². The first-order chi connectivity index (χ1) is 10.3. The molecule has 1 unspecified atom stereocenters. The molecule has 0 spiro atoms. The molecular formula is C17H30N4. The third kappa shape index (κ3) is 2.76. The molecule has 1 aliphatic heterocycles. The minimum atomic E-state index is 0.371. The Kier molecular flexibility index (Phi) is 4.65. The summed E-state index contributed by atoms with van der Waals surface area (Å²) >= 11 is 0. The van der Waals surface area contributed by atoms with Gasteiger partial charge in [-0.2, -0.15) is 0 Å². The first kappa shape index (κ1) is 15.0. The second-order valence-corrected chi connectivity index (χ2v) is 6.68. The molecule has 118 valence electrons. The molecule has 21 heavy (non-hydrogen) atoms. The Hall–Kier alpha value is -0.870. The van der Waals surface area contributed by atoms with Crippen LogP contribution in [0.4, 0.5) is 0 Å². The van der Waals surface area contributed by atoms with E-state index < -0.39 is 0 Å². The Morgan fingerprint density at radius 2 is 1.95 bits per heavy atom. The van der Waals surface area contributed by atoms with Gasteiger partial charge in [0.15, 0.2) is 0 Å². The first-order valence-corrected chi connectivity index (χ1v) is 8.72. The van der Waals surface area contributed by atoms with Crippen molar-refractivity contribution in [2.24, 2.45) is 0 Å². The van der Waals surface area contributed by atoms with Crippen LogP contribution >= 0.6 is 0 Å². The monoisotopic (exact) mass is 290 g/mol. The van der Waals surface area contributed by atoms with Crippen LogP contribution in [0.15, 0.2) is 12.4 Å². The fourth-order valence-corrected chi connectivity index (χ4v) is 4.60. The Bertz CT molecular complexity index is 441. The van der Waals surface area contributed by atoms with Gasteiger partial charge in [0.2, 0.25) is 0 Å². The summed E-state index contributed by atoms with van der Waals surface area (Å²) in [5, 5.41) is 3.66. The van der Waals surface area contributed by atoms with E-state index in [0.717, 1.165) is 13.0 Å². The molecule has 1 aliphatic carbocycles. The lowest BCUT2D eigenvalue weighted by Crippen LogP contribution is -2.59. The summed E-state index contributed by atoms with van der Waals surface area (Å²) in [4.78, 5) is 7.40. The lowest BCUT2D eigenvalue weighted by atomic mass is 9.84. The molecule has 2 aliphatic rings. The smallest absolute Gasteiger partial charge is 0.110 e. The van der Waals surface area contributed by atoms with Crippen molar-refractivity contribution in [3.63, 3.8) is 0 Å². The lowest BCUT2D eigenvalue weighted by molar-refractivity contribution is 0.0786. The highest BCUT2D eigenvalue weighted by Crippen LogP contribution is 2.40. The maximum absolute atomic E-state index is 4.61. The number of aromatic nitrogens is 2. The number of likely N-dealkylation sites (tertiary alicyclic amines) is 1. The van der Waals surface area contributed by atoms with E-state index in [1.54, 1.807) is 0 Å². The number of hydrogen-bond donors (Lipinski definition) is 1. The number of imidazole rings is 1. The number of nitrogens with zero attached hydrogens (tertiary/aromatic N) is 3. The third-order valence-electron chi connectivity index (χ3n) is 5.73. The molecule has 1 N–H and O–H groups in total. The Morgan fingerprint density at radius 1 is 1.24 bits per heavy atom. The van der Waals surface area contributed by atoms with Crippen LogP contribution in [0.1, 0.15) is 51.3 Å². The fourth-order valence-electron chi connectivity index (χ4n) is 4.60. The second kappa shape index (κ2) is 6.49. The van der Waals surface area contributed by atoms with Crippen molar-refractivity contribution in [2.45, 2.75) is 70.0 Å². The number of aryl methyl sites for hydroxylation is 1. The number of hydrogen-bond acceptors (Lipinski definition) is 3. The van der Waals surface area contributed by atoms with Gasteiger partial charge in [-0.15, -0.1) is 0 Å². The number of nitrogens with one attached hydrogen (secondary N) is 1. The zero-order valence-electron chi connectivity index (χ0n) is 13.6. The zero-order valence-corrected chi connectivity index (χ0v) is 13.6. The van der Waals surface area contributed by atoms with Crippen molar-refractivity contribution in [1.82, 2.24) is 19.8 Å². The van der Waals surface area contributed by atoms with Crippen LogP contribution in [0.3, 0.4) is 0 Å². The van der Waals surface area contributed by atoms with Crippen LogP contribution in [0, 0.1) is 0 Å². The SMILES string of the molecule is CCn1ccnc1CC(NC)C1(N2CCCC2)CCCC1. The lowest BCUT2D eigenvalue weighted by Gasteiger charge is -2.45. The van der Waals surface area contributed by atoms with Crippen molar-refractivity contribution < 1.29 is 0 Å². The van der Waals surface area contributed by atoms with Gasteiger partial charge in [-0.05, 0) is 52.7 Å². The Balaban J connectivity index is 1.82. The normalized spacial score (nSPS) is 23.7. The zero-order chi connectivity index (χ0) is 14.7. The molecule has 1 aromatic rings. The molecule has 1 saturated carbocycles. The van der Waals surface area contributed by atoms with Crippen LogP contribution in [-0.2, 0) is 13.0 Å². The molecule has 1 saturated heterocycles. The van der Waals surface area contributed by atoms with Gasteiger partial charge in [-0.1, -0.05) is 12.8 Å².